The van der Waals surface area contributed by atoms with Crippen molar-refractivity contribution in [2.75, 3.05) is 11.9 Å². The number of para-hydroxylation sites is 1. The van der Waals surface area contributed by atoms with Crippen LogP contribution in [-0.4, -0.2) is 20.9 Å². The second-order valence-electron chi connectivity index (χ2n) is 7.10. The minimum atomic E-state index is -3.76. The van der Waals surface area contributed by atoms with Gasteiger partial charge in [0.15, 0.2) is 0 Å². The van der Waals surface area contributed by atoms with Crippen molar-refractivity contribution in [3.05, 3.63) is 82.6 Å². The third-order valence-corrected chi connectivity index (χ3v) is 8.07. The molecule has 1 atom stereocenters. The maximum absolute atomic E-state index is 13.3. The number of carbonyl (C=O) groups is 1. The standard InChI is InChI=1S/C23H21NO4S2/c1-3-12-28-19-7-5-4-6-17(19)18-13-21(25)24-22-20(14-29-23(18)22)30(26,27)16-10-8-15(2)9-11-16/h3-11,14,18H,1,12-13H2,2H3,(H,24,25). The van der Waals surface area contributed by atoms with Gasteiger partial charge in [-0.05, 0) is 25.1 Å². The summed E-state index contributed by atoms with van der Waals surface area (Å²) in [4.78, 5) is 13.7. The Morgan fingerprint density at radius 3 is 2.67 bits per heavy atom. The highest BCUT2D eigenvalue weighted by Crippen LogP contribution is 2.47. The summed E-state index contributed by atoms with van der Waals surface area (Å²) in [6.07, 6.45) is 1.89. The van der Waals surface area contributed by atoms with E-state index in [1.54, 1.807) is 35.7 Å². The lowest BCUT2D eigenvalue weighted by molar-refractivity contribution is -0.116. The maximum atomic E-state index is 13.3. The molecule has 4 rings (SSSR count). The number of carbonyl (C=O) groups excluding carboxylic acids is 1. The Hall–Kier alpha value is -2.90. The third kappa shape index (κ3) is 3.66. The van der Waals surface area contributed by atoms with Crippen molar-refractivity contribution in [3.63, 3.8) is 0 Å². The Labute approximate surface area is 179 Å². The molecular formula is C23H21NO4S2. The Morgan fingerprint density at radius 1 is 1.20 bits per heavy atom. The van der Waals surface area contributed by atoms with E-state index in [4.69, 9.17) is 4.74 Å². The molecule has 7 heteroatoms. The van der Waals surface area contributed by atoms with Gasteiger partial charge in [0.25, 0.3) is 0 Å². The van der Waals surface area contributed by atoms with E-state index in [2.05, 4.69) is 11.9 Å². The van der Waals surface area contributed by atoms with Crippen LogP contribution in [0.3, 0.4) is 0 Å². The zero-order valence-electron chi connectivity index (χ0n) is 16.4. The van der Waals surface area contributed by atoms with Crippen LogP contribution in [0.2, 0.25) is 0 Å². The summed E-state index contributed by atoms with van der Waals surface area (Å²) >= 11 is 1.34. The van der Waals surface area contributed by atoms with Gasteiger partial charge < -0.3 is 10.1 Å². The summed E-state index contributed by atoms with van der Waals surface area (Å²) in [5, 5.41) is 4.41. The van der Waals surface area contributed by atoms with Gasteiger partial charge in [-0.1, -0.05) is 48.6 Å². The van der Waals surface area contributed by atoms with Crippen LogP contribution in [-0.2, 0) is 14.6 Å². The molecule has 1 aliphatic heterocycles. The van der Waals surface area contributed by atoms with Gasteiger partial charge in [-0.2, -0.15) is 0 Å². The minimum Gasteiger partial charge on any atom is -0.489 e. The molecular weight excluding hydrogens is 418 g/mol. The fourth-order valence-electron chi connectivity index (χ4n) is 3.55. The van der Waals surface area contributed by atoms with Gasteiger partial charge in [0, 0.05) is 28.2 Å². The first-order valence-corrected chi connectivity index (χ1v) is 11.8. The van der Waals surface area contributed by atoms with Crippen molar-refractivity contribution in [2.45, 2.75) is 29.1 Å². The van der Waals surface area contributed by atoms with Gasteiger partial charge in [0.05, 0.1) is 10.6 Å². The number of ether oxygens (including phenoxy) is 1. The van der Waals surface area contributed by atoms with E-state index in [9.17, 15) is 13.2 Å². The number of benzene rings is 2. The van der Waals surface area contributed by atoms with Gasteiger partial charge in [0.2, 0.25) is 15.7 Å². The van der Waals surface area contributed by atoms with Crippen LogP contribution < -0.4 is 10.1 Å². The summed E-state index contributed by atoms with van der Waals surface area (Å²) < 4.78 is 32.3. The smallest absolute Gasteiger partial charge is 0.225 e. The van der Waals surface area contributed by atoms with Crippen molar-refractivity contribution in [2.24, 2.45) is 0 Å². The van der Waals surface area contributed by atoms with Crippen LogP contribution >= 0.6 is 11.3 Å². The summed E-state index contributed by atoms with van der Waals surface area (Å²) in [5.74, 6) is 0.172. The molecule has 1 amide bonds. The van der Waals surface area contributed by atoms with Crippen LogP contribution in [0.5, 0.6) is 5.75 Å². The van der Waals surface area contributed by atoms with E-state index >= 15 is 0 Å². The lowest BCUT2D eigenvalue weighted by Gasteiger charge is -2.25. The number of aryl methyl sites for hydroxylation is 1. The monoisotopic (exact) mass is 439 g/mol. The first-order chi connectivity index (χ1) is 14.4. The molecule has 0 saturated heterocycles. The third-order valence-electron chi connectivity index (χ3n) is 5.03. The molecule has 0 spiro atoms. The number of anilines is 1. The van der Waals surface area contributed by atoms with Crippen LogP contribution in [0, 0.1) is 6.92 Å². The van der Waals surface area contributed by atoms with Gasteiger partial charge in [-0.15, -0.1) is 11.3 Å². The van der Waals surface area contributed by atoms with E-state index in [-0.39, 0.29) is 28.0 Å². The van der Waals surface area contributed by atoms with Crippen LogP contribution in [0.4, 0.5) is 5.69 Å². The molecule has 0 bridgehead atoms. The number of amides is 1. The normalized spacial score (nSPS) is 15.9. The molecule has 2 aromatic carbocycles. The molecule has 154 valence electrons. The highest BCUT2D eigenvalue weighted by molar-refractivity contribution is 7.91. The Kier molecular flexibility index (Phi) is 5.49. The zero-order chi connectivity index (χ0) is 21.3. The summed E-state index contributed by atoms with van der Waals surface area (Å²) in [6, 6.07) is 14.2. The number of rotatable bonds is 6. The fraction of sp³-hybridized carbons (Fsp3) is 0.174. The van der Waals surface area contributed by atoms with Gasteiger partial charge in [-0.25, -0.2) is 8.42 Å². The van der Waals surface area contributed by atoms with E-state index in [1.807, 2.05) is 31.2 Å². The minimum absolute atomic E-state index is 0.133. The molecule has 2 heterocycles. The predicted octanol–water partition coefficient (Wildman–Crippen LogP) is 4.93. The number of thiophene rings is 1. The number of hydrogen-bond acceptors (Lipinski definition) is 5. The van der Waals surface area contributed by atoms with Crippen molar-refractivity contribution in [1.82, 2.24) is 0 Å². The SMILES string of the molecule is C=CCOc1ccccc1C1CC(=O)Nc2c(S(=O)(=O)c3ccc(C)cc3)csc21. The van der Waals surface area contributed by atoms with Gasteiger partial charge in [0.1, 0.15) is 17.3 Å². The van der Waals surface area contributed by atoms with Crippen molar-refractivity contribution < 1.29 is 17.9 Å². The second kappa shape index (κ2) is 8.08. The van der Waals surface area contributed by atoms with E-state index < -0.39 is 9.84 Å². The van der Waals surface area contributed by atoms with Crippen molar-refractivity contribution in [3.8, 4) is 5.75 Å². The number of fused-ring (bicyclic) bond motifs is 1. The lowest BCUT2D eigenvalue weighted by atomic mass is 9.90. The summed E-state index contributed by atoms with van der Waals surface area (Å²) in [5.41, 5.74) is 2.21. The average molecular weight is 440 g/mol. The van der Waals surface area contributed by atoms with Crippen molar-refractivity contribution >= 4 is 32.8 Å². The van der Waals surface area contributed by atoms with E-state index in [0.29, 0.717) is 18.0 Å². The van der Waals surface area contributed by atoms with Crippen LogP contribution in [0.25, 0.3) is 0 Å². The predicted molar refractivity (Wildman–Crippen MR) is 118 cm³/mol. The lowest BCUT2D eigenvalue weighted by Crippen LogP contribution is -2.23. The quantitative estimate of drug-likeness (QED) is 0.553. The Balaban J connectivity index is 1.80. The largest absolute Gasteiger partial charge is 0.489 e. The molecule has 0 fully saturated rings. The van der Waals surface area contributed by atoms with E-state index in [0.717, 1.165) is 16.0 Å². The molecule has 3 aromatic rings. The fourth-order valence-corrected chi connectivity index (χ4v) is 6.45. The van der Waals surface area contributed by atoms with Gasteiger partial charge in [-0.3, -0.25) is 4.79 Å². The number of nitrogens with one attached hydrogen (secondary N) is 1. The molecule has 30 heavy (non-hydrogen) atoms. The molecule has 0 saturated carbocycles. The molecule has 5 nitrogen and oxygen atoms in total. The average Bonchev–Trinajstić information content (AvgIpc) is 3.17. The molecule has 0 radical (unpaired) electrons. The number of sulfone groups is 1. The molecule has 0 aliphatic carbocycles. The topological polar surface area (TPSA) is 72.5 Å². The maximum Gasteiger partial charge on any atom is 0.225 e. The number of hydrogen-bond donors (Lipinski definition) is 1. The summed E-state index contributed by atoms with van der Waals surface area (Å²) in [7, 11) is -3.76. The first kappa shape index (κ1) is 20.4. The van der Waals surface area contributed by atoms with Crippen LogP contribution in [0.15, 0.2) is 76.4 Å². The summed E-state index contributed by atoms with van der Waals surface area (Å²) in [6.45, 7) is 5.93. The molecule has 1 aliphatic rings. The van der Waals surface area contributed by atoms with E-state index in [1.165, 1.54) is 11.3 Å². The van der Waals surface area contributed by atoms with Crippen molar-refractivity contribution in [1.29, 1.82) is 0 Å². The Morgan fingerprint density at radius 2 is 1.93 bits per heavy atom. The molecule has 1 unspecified atom stereocenters. The van der Waals surface area contributed by atoms with Crippen LogP contribution in [0.1, 0.15) is 28.3 Å². The van der Waals surface area contributed by atoms with Gasteiger partial charge >= 0.3 is 0 Å². The zero-order valence-corrected chi connectivity index (χ0v) is 18.1. The molecule has 1 aromatic heterocycles. The highest BCUT2D eigenvalue weighted by atomic mass is 32.2. The molecule has 1 N–H and O–H groups in total. The highest BCUT2D eigenvalue weighted by Gasteiger charge is 2.35. The first-order valence-electron chi connectivity index (χ1n) is 9.47. The second-order valence-corrected chi connectivity index (χ2v) is 9.93. The Bertz CT molecular complexity index is 1210.